The van der Waals surface area contributed by atoms with Crippen LogP contribution in [0.25, 0.3) is 0 Å². The number of aliphatic hydroxyl groups excluding tert-OH is 1. The zero-order valence-electron chi connectivity index (χ0n) is 11.6. The molecule has 0 spiro atoms. The quantitative estimate of drug-likeness (QED) is 0.739. The van der Waals surface area contributed by atoms with Crippen molar-refractivity contribution in [3.63, 3.8) is 0 Å². The van der Waals surface area contributed by atoms with E-state index >= 15 is 0 Å². The molecule has 0 atom stereocenters. The lowest BCUT2D eigenvalue weighted by molar-refractivity contribution is 0.301. The maximum absolute atomic E-state index is 9.14. The second-order valence-electron chi connectivity index (χ2n) is 4.29. The number of nitrogens with zero attached hydrogens (tertiary/aromatic N) is 3. The van der Waals surface area contributed by atoms with Crippen molar-refractivity contribution in [1.82, 2.24) is 9.97 Å². The normalized spacial score (nSPS) is 10.4. The topological polar surface area (TPSA) is 61.3 Å². The molecule has 0 aliphatic rings. The van der Waals surface area contributed by atoms with Crippen molar-refractivity contribution < 1.29 is 5.11 Å². The smallest absolute Gasteiger partial charge is 0.224 e. The van der Waals surface area contributed by atoms with Gasteiger partial charge in [0, 0.05) is 31.4 Å². The first kappa shape index (κ1) is 14.7. The van der Waals surface area contributed by atoms with Crippen LogP contribution in [0.15, 0.2) is 6.07 Å². The molecule has 0 unspecified atom stereocenters. The molecule has 0 saturated carbocycles. The van der Waals surface area contributed by atoms with E-state index in [0.29, 0.717) is 12.5 Å². The highest BCUT2D eigenvalue weighted by Crippen LogP contribution is 2.15. The lowest BCUT2D eigenvalue weighted by atomic mass is 10.3. The second kappa shape index (κ2) is 7.87. The van der Waals surface area contributed by atoms with E-state index in [1.54, 1.807) is 0 Å². The van der Waals surface area contributed by atoms with E-state index in [2.05, 4.69) is 27.1 Å². The summed E-state index contributed by atoms with van der Waals surface area (Å²) in [5.41, 5.74) is 0.940. The van der Waals surface area contributed by atoms with E-state index in [0.717, 1.165) is 37.4 Å². The highest BCUT2D eigenvalue weighted by molar-refractivity contribution is 5.44. The second-order valence-corrected chi connectivity index (χ2v) is 4.29. The fraction of sp³-hybridized carbons (Fsp3) is 0.692. The van der Waals surface area contributed by atoms with Gasteiger partial charge in [0.25, 0.3) is 0 Å². The number of nitrogens with one attached hydrogen (secondary N) is 1. The van der Waals surface area contributed by atoms with E-state index in [4.69, 9.17) is 5.11 Å². The molecule has 0 saturated heterocycles. The van der Waals surface area contributed by atoms with Crippen LogP contribution < -0.4 is 10.2 Å². The Bertz CT molecular complexity index is 357. The minimum Gasteiger partial charge on any atom is -0.395 e. The Morgan fingerprint density at radius 1 is 1.28 bits per heavy atom. The number of rotatable bonds is 8. The molecule has 18 heavy (non-hydrogen) atoms. The molecule has 0 aromatic carbocycles. The average Bonchev–Trinajstić information content (AvgIpc) is 2.34. The van der Waals surface area contributed by atoms with E-state index in [1.807, 2.05) is 19.9 Å². The molecule has 5 heteroatoms. The van der Waals surface area contributed by atoms with Crippen LogP contribution in [0, 0.1) is 6.92 Å². The molecule has 1 rings (SSSR count). The predicted molar refractivity (Wildman–Crippen MR) is 75.1 cm³/mol. The van der Waals surface area contributed by atoms with Gasteiger partial charge in [0.1, 0.15) is 5.82 Å². The molecular weight excluding hydrogens is 228 g/mol. The molecule has 2 N–H and O–H groups in total. The van der Waals surface area contributed by atoms with Gasteiger partial charge in [-0.15, -0.1) is 0 Å². The summed E-state index contributed by atoms with van der Waals surface area (Å²) in [5.74, 6) is 1.55. The fourth-order valence-corrected chi connectivity index (χ4v) is 1.76. The van der Waals surface area contributed by atoms with Crippen molar-refractivity contribution >= 4 is 11.8 Å². The Labute approximate surface area is 109 Å². The monoisotopic (exact) mass is 252 g/mol. The van der Waals surface area contributed by atoms with Crippen molar-refractivity contribution in [3.8, 4) is 0 Å². The maximum atomic E-state index is 9.14. The number of hydrogen-bond acceptors (Lipinski definition) is 5. The Kier molecular flexibility index (Phi) is 6.43. The molecule has 0 aliphatic carbocycles. The number of hydrogen-bond donors (Lipinski definition) is 2. The summed E-state index contributed by atoms with van der Waals surface area (Å²) >= 11 is 0. The third-order valence-electron chi connectivity index (χ3n) is 2.65. The lowest BCUT2D eigenvalue weighted by Crippen LogP contribution is -2.29. The Morgan fingerprint density at radius 3 is 2.67 bits per heavy atom. The molecule has 102 valence electrons. The molecule has 0 bridgehead atoms. The number of aliphatic hydroxyl groups is 1. The number of unbranched alkanes of at least 4 members (excludes halogenated alkanes) is 1. The van der Waals surface area contributed by atoms with Gasteiger partial charge in [-0.2, -0.15) is 4.98 Å². The summed E-state index contributed by atoms with van der Waals surface area (Å²) in [6, 6.07) is 1.96. The third kappa shape index (κ3) is 4.49. The molecule has 0 amide bonds. The molecular formula is C13H24N4O. The van der Waals surface area contributed by atoms with Gasteiger partial charge in [-0.25, -0.2) is 4.98 Å². The molecule has 1 aromatic rings. The zero-order valence-corrected chi connectivity index (χ0v) is 11.6. The van der Waals surface area contributed by atoms with Gasteiger partial charge in [0.15, 0.2) is 0 Å². The molecule has 5 nitrogen and oxygen atoms in total. The van der Waals surface area contributed by atoms with Crippen LogP contribution in [0.5, 0.6) is 0 Å². The summed E-state index contributed by atoms with van der Waals surface area (Å²) in [5, 5.41) is 12.3. The van der Waals surface area contributed by atoms with Gasteiger partial charge in [0.2, 0.25) is 5.95 Å². The van der Waals surface area contributed by atoms with Crippen LogP contribution in [0.4, 0.5) is 11.8 Å². The Hall–Kier alpha value is -1.36. The van der Waals surface area contributed by atoms with E-state index in [-0.39, 0.29) is 6.61 Å². The van der Waals surface area contributed by atoms with E-state index in [1.165, 1.54) is 0 Å². The average molecular weight is 252 g/mol. The lowest BCUT2D eigenvalue weighted by Gasteiger charge is -2.23. The highest BCUT2D eigenvalue weighted by atomic mass is 16.3. The Balaban J connectivity index is 2.87. The van der Waals surface area contributed by atoms with Crippen molar-refractivity contribution in [1.29, 1.82) is 0 Å². The number of aryl methyl sites for hydroxylation is 1. The predicted octanol–water partition coefficient (Wildman–Crippen LogP) is 1.82. The summed E-state index contributed by atoms with van der Waals surface area (Å²) in [6.07, 6.45) is 2.23. The molecule has 0 aliphatic heterocycles. The minimum atomic E-state index is 0.142. The van der Waals surface area contributed by atoms with Crippen molar-refractivity contribution in [2.75, 3.05) is 36.5 Å². The third-order valence-corrected chi connectivity index (χ3v) is 2.65. The van der Waals surface area contributed by atoms with Gasteiger partial charge in [-0.1, -0.05) is 13.3 Å². The summed E-state index contributed by atoms with van der Waals surface area (Å²) in [6.45, 7) is 8.62. The van der Waals surface area contributed by atoms with E-state index < -0.39 is 0 Å². The van der Waals surface area contributed by atoms with Crippen LogP contribution in [0.3, 0.4) is 0 Å². The van der Waals surface area contributed by atoms with Crippen molar-refractivity contribution in [2.24, 2.45) is 0 Å². The van der Waals surface area contributed by atoms with Crippen LogP contribution in [0.2, 0.25) is 0 Å². The summed E-state index contributed by atoms with van der Waals surface area (Å²) in [7, 11) is 0. The van der Waals surface area contributed by atoms with Crippen LogP contribution >= 0.6 is 0 Å². The number of anilines is 2. The van der Waals surface area contributed by atoms with Gasteiger partial charge in [-0.3, -0.25) is 0 Å². The Morgan fingerprint density at radius 2 is 2.06 bits per heavy atom. The summed E-state index contributed by atoms with van der Waals surface area (Å²) in [4.78, 5) is 10.9. The van der Waals surface area contributed by atoms with Crippen molar-refractivity contribution in [3.05, 3.63) is 11.8 Å². The van der Waals surface area contributed by atoms with Crippen LogP contribution in [-0.4, -0.2) is 41.3 Å². The molecule has 0 fully saturated rings. The van der Waals surface area contributed by atoms with E-state index in [9.17, 15) is 0 Å². The largest absolute Gasteiger partial charge is 0.395 e. The highest BCUT2D eigenvalue weighted by Gasteiger charge is 2.09. The standard InChI is InChI=1S/C13H24N4O/c1-4-6-7-17(8-9-18)12-10-11(3)15-13(16-12)14-5-2/h10,18H,4-9H2,1-3H3,(H,14,15,16). The first-order valence-corrected chi connectivity index (χ1v) is 6.66. The van der Waals surface area contributed by atoms with Gasteiger partial charge in [0.05, 0.1) is 6.61 Å². The van der Waals surface area contributed by atoms with Crippen molar-refractivity contribution in [2.45, 2.75) is 33.6 Å². The zero-order chi connectivity index (χ0) is 13.4. The molecule has 1 heterocycles. The SMILES string of the molecule is CCCCN(CCO)c1cc(C)nc(NCC)n1. The fourth-order valence-electron chi connectivity index (χ4n) is 1.76. The summed E-state index contributed by atoms with van der Waals surface area (Å²) < 4.78 is 0. The van der Waals surface area contributed by atoms with Crippen LogP contribution in [0.1, 0.15) is 32.4 Å². The van der Waals surface area contributed by atoms with Gasteiger partial charge < -0.3 is 15.3 Å². The van der Waals surface area contributed by atoms with Crippen LogP contribution in [-0.2, 0) is 0 Å². The first-order chi connectivity index (χ1) is 8.71. The van der Waals surface area contributed by atoms with Gasteiger partial charge in [-0.05, 0) is 20.3 Å². The van der Waals surface area contributed by atoms with Gasteiger partial charge >= 0.3 is 0 Å². The molecule has 0 radical (unpaired) electrons. The minimum absolute atomic E-state index is 0.142. The molecule has 1 aromatic heterocycles. The maximum Gasteiger partial charge on any atom is 0.224 e. The number of aromatic nitrogens is 2. The first-order valence-electron chi connectivity index (χ1n) is 6.66.